The van der Waals surface area contributed by atoms with Crippen LogP contribution in [0.2, 0.25) is 0 Å². The second-order valence-electron chi connectivity index (χ2n) is 10.3. The first kappa shape index (κ1) is 24.6. The number of nitrogens with zero attached hydrogens (tertiary/aromatic N) is 2. The number of carbonyl (C=O) groups excluding carboxylic acids is 3. The third-order valence-corrected chi connectivity index (χ3v) is 10.3. The lowest BCUT2D eigenvalue weighted by molar-refractivity contribution is -0.155. The lowest BCUT2D eigenvalue weighted by Crippen LogP contribution is -2.58. The van der Waals surface area contributed by atoms with E-state index in [-0.39, 0.29) is 37.0 Å². The van der Waals surface area contributed by atoms with Crippen molar-refractivity contribution < 1.29 is 24.2 Å². The number of amides is 2. The molecule has 7 nitrogen and oxygen atoms in total. The number of likely N-dealkylation sites (tertiary alicyclic amines) is 1. The third kappa shape index (κ3) is 3.72. The summed E-state index contributed by atoms with van der Waals surface area (Å²) < 4.78 is 4.32. The fourth-order valence-electron chi connectivity index (χ4n) is 6.90. The van der Waals surface area contributed by atoms with Crippen LogP contribution in [0.3, 0.4) is 0 Å². The zero-order valence-electron chi connectivity index (χ0n) is 20.1. The fraction of sp³-hybridized carbons (Fsp3) is 0.800. The summed E-state index contributed by atoms with van der Waals surface area (Å²) in [6.07, 6.45) is 8.53. The largest absolute Gasteiger partial charge is 0.466 e. The second-order valence-corrected chi connectivity index (χ2v) is 12.2. The van der Waals surface area contributed by atoms with Crippen molar-refractivity contribution in [2.45, 2.75) is 93.3 Å². The molecule has 2 unspecified atom stereocenters. The molecule has 1 saturated carbocycles. The molecule has 2 bridgehead atoms. The van der Waals surface area contributed by atoms with Crippen molar-refractivity contribution in [1.29, 1.82) is 0 Å². The number of aliphatic hydroxyl groups excluding tert-OH is 1. The zero-order valence-corrected chi connectivity index (χ0v) is 20.9. The van der Waals surface area contributed by atoms with Crippen LogP contribution in [-0.2, 0) is 19.1 Å². The van der Waals surface area contributed by atoms with Crippen molar-refractivity contribution in [2.75, 3.05) is 19.8 Å². The number of ether oxygens (including phenoxy) is 1. The molecule has 1 N–H and O–H groups in total. The Hall–Kier alpha value is -1.54. The Bertz CT molecular complexity index is 815. The Kier molecular flexibility index (Phi) is 6.89. The van der Waals surface area contributed by atoms with Crippen LogP contribution in [0.25, 0.3) is 0 Å². The van der Waals surface area contributed by atoms with Gasteiger partial charge in [0, 0.05) is 17.3 Å². The van der Waals surface area contributed by atoms with E-state index in [9.17, 15) is 19.5 Å². The molecule has 6 atom stereocenters. The van der Waals surface area contributed by atoms with Crippen molar-refractivity contribution in [3.63, 3.8) is 0 Å². The summed E-state index contributed by atoms with van der Waals surface area (Å²) in [6.45, 7) is 9.97. The number of carbonyl (C=O) groups is 3. The Labute approximate surface area is 201 Å². The summed E-state index contributed by atoms with van der Waals surface area (Å²) in [7, 11) is 0. The van der Waals surface area contributed by atoms with Gasteiger partial charge in [-0.25, -0.2) is 0 Å². The number of fused-ring (bicyclic) bond motifs is 1. The average molecular weight is 479 g/mol. The number of aliphatic hydroxyl groups is 1. The van der Waals surface area contributed by atoms with Crippen molar-refractivity contribution in [3.8, 4) is 0 Å². The third-order valence-electron chi connectivity index (χ3n) is 8.35. The van der Waals surface area contributed by atoms with Crippen LogP contribution in [0, 0.1) is 11.8 Å². The zero-order chi connectivity index (χ0) is 24.0. The molecule has 3 aliphatic heterocycles. The summed E-state index contributed by atoms with van der Waals surface area (Å²) >= 11 is 1.65. The molecule has 2 amide bonds. The summed E-state index contributed by atoms with van der Waals surface area (Å²) in [5.74, 6) is -1.75. The predicted octanol–water partition coefficient (Wildman–Crippen LogP) is 2.76. The van der Waals surface area contributed by atoms with Gasteiger partial charge in [-0.05, 0) is 46.5 Å². The SMILES string of the molecule is C=CCN(C(=O)C1N([C@H](C)CO)C(=O)[C@@H]2[C@H](C(=O)OCC)[C@]3(C)CCC12S3)C1CCCCC1. The van der Waals surface area contributed by atoms with Gasteiger partial charge in [0.25, 0.3) is 0 Å². The first-order valence-electron chi connectivity index (χ1n) is 12.5. The van der Waals surface area contributed by atoms with Gasteiger partial charge >= 0.3 is 5.97 Å². The number of hydrogen-bond donors (Lipinski definition) is 1. The lowest BCUT2D eigenvalue weighted by atomic mass is 9.66. The van der Waals surface area contributed by atoms with Crippen molar-refractivity contribution in [3.05, 3.63) is 12.7 Å². The average Bonchev–Trinajstić information content (AvgIpc) is 3.38. The predicted molar refractivity (Wildman–Crippen MR) is 128 cm³/mol. The highest BCUT2D eigenvalue weighted by atomic mass is 32.2. The smallest absolute Gasteiger partial charge is 0.311 e. The minimum atomic E-state index is -0.690. The molecular formula is C25H38N2O5S. The first-order valence-corrected chi connectivity index (χ1v) is 13.3. The Morgan fingerprint density at radius 1 is 1.33 bits per heavy atom. The second kappa shape index (κ2) is 9.25. The summed E-state index contributed by atoms with van der Waals surface area (Å²) in [5.41, 5.74) is 0. The van der Waals surface area contributed by atoms with Crippen molar-refractivity contribution >= 4 is 29.5 Å². The van der Waals surface area contributed by atoms with Crippen LogP contribution in [0.5, 0.6) is 0 Å². The summed E-state index contributed by atoms with van der Waals surface area (Å²) in [4.78, 5) is 44.8. The van der Waals surface area contributed by atoms with E-state index in [1.54, 1.807) is 36.6 Å². The quantitative estimate of drug-likeness (QED) is 0.426. The van der Waals surface area contributed by atoms with Gasteiger partial charge in [0.2, 0.25) is 11.8 Å². The van der Waals surface area contributed by atoms with Crippen molar-refractivity contribution in [1.82, 2.24) is 9.80 Å². The monoisotopic (exact) mass is 478 g/mol. The fourth-order valence-corrected chi connectivity index (χ4v) is 9.23. The van der Waals surface area contributed by atoms with Gasteiger partial charge in [-0.3, -0.25) is 14.4 Å². The maximum atomic E-state index is 14.3. The van der Waals surface area contributed by atoms with E-state index in [0.717, 1.165) is 32.1 Å². The Balaban J connectivity index is 1.77. The molecule has 0 radical (unpaired) electrons. The Morgan fingerprint density at radius 3 is 2.64 bits per heavy atom. The topological polar surface area (TPSA) is 87.2 Å². The maximum Gasteiger partial charge on any atom is 0.311 e. The van der Waals surface area contributed by atoms with E-state index in [2.05, 4.69) is 6.58 Å². The highest BCUT2D eigenvalue weighted by Gasteiger charge is 2.78. The molecule has 1 aliphatic carbocycles. The molecule has 8 heteroatoms. The van der Waals surface area contributed by atoms with Gasteiger partial charge in [-0.1, -0.05) is 25.3 Å². The van der Waals surface area contributed by atoms with Crippen LogP contribution in [0.1, 0.15) is 65.7 Å². The highest BCUT2D eigenvalue weighted by Crippen LogP contribution is 2.71. The van der Waals surface area contributed by atoms with Crippen LogP contribution >= 0.6 is 11.8 Å². The molecule has 1 spiro atoms. The highest BCUT2D eigenvalue weighted by molar-refractivity contribution is 8.02. The molecule has 4 rings (SSSR count). The van der Waals surface area contributed by atoms with Gasteiger partial charge in [0.1, 0.15) is 6.04 Å². The van der Waals surface area contributed by atoms with E-state index in [1.807, 2.05) is 11.8 Å². The van der Waals surface area contributed by atoms with E-state index in [4.69, 9.17) is 4.74 Å². The van der Waals surface area contributed by atoms with E-state index < -0.39 is 33.4 Å². The van der Waals surface area contributed by atoms with E-state index >= 15 is 0 Å². The standard InChI is InChI=1S/C25H38N2O5S/c1-5-14-26(17-10-8-7-9-11-17)22(30)20-25-13-12-24(4,33-25)19(23(31)32-6-2)18(25)21(29)27(20)16(3)15-28/h5,16-20,28H,1,6-15H2,2-4H3/t16-,18+,19-,20?,24+,25?/m1/s1. The molecule has 184 valence electrons. The van der Waals surface area contributed by atoms with Crippen molar-refractivity contribution in [2.24, 2.45) is 11.8 Å². The molecule has 3 saturated heterocycles. The number of rotatable bonds is 8. The molecule has 0 aromatic rings. The first-order chi connectivity index (χ1) is 15.8. The number of hydrogen-bond acceptors (Lipinski definition) is 6. The van der Waals surface area contributed by atoms with E-state index in [1.165, 1.54) is 6.42 Å². The number of thioether (sulfide) groups is 1. The minimum Gasteiger partial charge on any atom is -0.466 e. The minimum absolute atomic E-state index is 0.0563. The van der Waals surface area contributed by atoms with Crippen LogP contribution in [0.15, 0.2) is 12.7 Å². The van der Waals surface area contributed by atoms with Gasteiger partial charge in [-0.2, -0.15) is 0 Å². The molecule has 4 aliphatic rings. The van der Waals surface area contributed by atoms with Gasteiger partial charge < -0.3 is 19.6 Å². The summed E-state index contributed by atoms with van der Waals surface area (Å²) in [6, 6.07) is -1.05. The van der Waals surface area contributed by atoms with Crippen LogP contribution in [-0.4, -0.2) is 80.1 Å². The summed E-state index contributed by atoms with van der Waals surface area (Å²) in [5, 5.41) is 10.0. The van der Waals surface area contributed by atoms with E-state index in [0.29, 0.717) is 13.0 Å². The molecular weight excluding hydrogens is 440 g/mol. The normalized spacial score (nSPS) is 36.5. The number of esters is 1. The molecule has 33 heavy (non-hydrogen) atoms. The molecule has 4 fully saturated rings. The maximum absolute atomic E-state index is 14.3. The Morgan fingerprint density at radius 2 is 2.03 bits per heavy atom. The van der Waals surface area contributed by atoms with Gasteiger partial charge in [0.05, 0.1) is 35.8 Å². The van der Waals surface area contributed by atoms with Crippen LogP contribution in [0.4, 0.5) is 0 Å². The van der Waals surface area contributed by atoms with Gasteiger partial charge in [0.15, 0.2) is 0 Å². The molecule has 0 aromatic carbocycles. The molecule has 3 heterocycles. The van der Waals surface area contributed by atoms with Crippen LogP contribution < -0.4 is 0 Å². The van der Waals surface area contributed by atoms with Gasteiger partial charge in [-0.15, -0.1) is 18.3 Å². The lowest BCUT2D eigenvalue weighted by Gasteiger charge is -2.42. The molecule has 0 aromatic heterocycles.